The number of fused-ring (bicyclic) bond motifs is 1. The number of carbonyl (C=O) groups is 4. The fourth-order valence-electron chi connectivity index (χ4n) is 4.01. The van der Waals surface area contributed by atoms with E-state index in [1.807, 2.05) is 24.3 Å². The van der Waals surface area contributed by atoms with Crippen molar-refractivity contribution in [2.24, 2.45) is 5.73 Å². The van der Waals surface area contributed by atoms with E-state index in [-0.39, 0.29) is 18.6 Å². The van der Waals surface area contributed by atoms with Crippen LogP contribution in [-0.2, 0) is 32.0 Å². The number of rotatable bonds is 13. The number of thiol groups is 1. The SMILES string of the molecule is CC(O)C(N)C(=O)NC(Cc1c[nH]c2ccccc12)C(=O)NC(CS)C(=O)NC(Cc1ccccc1)C(=O)O. The van der Waals surface area contributed by atoms with Crippen molar-refractivity contribution in [2.75, 3.05) is 5.75 Å². The first-order valence-corrected chi connectivity index (χ1v) is 13.0. The number of aliphatic hydroxyl groups is 1. The van der Waals surface area contributed by atoms with E-state index in [2.05, 4.69) is 33.6 Å². The van der Waals surface area contributed by atoms with E-state index in [1.54, 1.807) is 36.5 Å². The fourth-order valence-corrected chi connectivity index (χ4v) is 4.26. The molecule has 0 spiro atoms. The van der Waals surface area contributed by atoms with Gasteiger partial charge < -0.3 is 36.9 Å². The number of aromatic nitrogens is 1. The van der Waals surface area contributed by atoms with Gasteiger partial charge in [-0.2, -0.15) is 12.6 Å². The molecular weight excluding hydrogens is 522 g/mol. The lowest BCUT2D eigenvalue weighted by Gasteiger charge is -2.25. The van der Waals surface area contributed by atoms with Crippen LogP contribution in [0.2, 0.25) is 0 Å². The van der Waals surface area contributed by atoms with Crippen LogP contribution in [-0.4, -0.2) is 74.9 Å². The number of aliphatic hydroxyl groups excluding tert-OH is 1. The van der Waals surface area contributed by atoms with Gasteiger partial charge in [-0.25, -0.2) is 4.79 Å². The molecule has 1 heterocycles. The van der Waals surface area contributed by atoms with E-state index >= 15 is 0 Å². The average Bonchev–Trinajstić information content (AvgIpc) is 3.33. The molecule has 0 fully saturated rings. The van der Waals surface area contributed by atoms with E-state index in [0.717, 1.165) is 16.5 Å². The maximum absolute atomic E-state index is 13.3. The highest BCUT2D eigenvalue weighted by atomic mass is 32.1. The second-order valence-electron chi connectivity index (χ2n) is 9.22. The van der Waals surface area contributed by atoms with Gasteiger partial charge in [-0.05, 0) is 24.1 Å². The van der Waals surface area contributed by atoms with Crippen molar-refractivity contribution in [3.8, 4) is 0 Å². The van der Waals surface area contributed by atoms with Crippen molar-refractivity contribution < 1.29 is 29.4 Å². The number of carboxylic acid groups (broad SMARTS) is 1. The average molecular weight is 556 g/mol. The number of benzene rings is 2. The van der Waals surface area contributed by atoms with Gasteiger partial charge in [0.2, 0.25) is 17.7 Å². The van der Waals surface area contributed by atoms with Crippen LogP contribution in [0.4, 0.5) is 0 Å². The van der Waals surface area contributed by atoms with Gasteiger partial charge in [0, 0.05) is 35.7 Å². The van der Waals surface area contributed by atoms with Crippen molar-refractivity contribution >= 4 is 47.2 Å². The van der Waals surface area contributed by atoms with Crippen LogP contribution in [0.15, 0.2) is 60.8 Å². The second kappa shape index (κ2) is 13.8. The lowest BCUT2D eigenvalue weighted by molar-refractivity contribution is -0.142. The molecule has 2 aromatic carbocycles. The molecule has 1 aromatic heterocycles. The minimum atomic E-state index is -1.28. The molecule has 39 heavy (non-hydrogen) atoms. The zero-order valence-electron chi connectivity index (χ0n) is 21.3. The zero-order chi connectivity index (χ0) is 28.5. The van der Waals surface area contributed by atoms with Crippen LogP contribution >= 0.6 is 12.6 Å². The quantitative estimate of drug-likeness (QED) is 0.138. The molecular formula is C27H33N5O6S. The van der Waals surface area contributed by atoms with Gasteiger partial charge in [-0.3, -0.25) is 14.4 Å². The van der Waals surface area contributed by atoms with Crippen molar-refractivity contribution in [1.82, 2.24) is 20.9 Å². The molecule has 0 saturated heterocycles. The van der Waals surface area contributed by atoms with Gasteiger partial charge in [-0.1, -0.05) is 48.5 Å². The molecule has 0 aliphatic rings. The molecule has 0 aliphatic carbocycles. The molecule has 208 valence electrons. The number of hydrogen-bond donors (Lipinski definition) is 8. The molecule has 3 amide bonds. The minimum Gasteiger partial charge on any atom is -0.480 e. The number of amides is 3. The summed E-state index contributed by atoms with van der Waals surface area (Å²) in [6.45, 7) is 1.36. The standard InChI is InChI=1S/C27H33N5O6S/c1-15(33)23(28)26(36)30-20(12-17-13-29-19-10-6-5-9-18(17)19)24(34)32-22(14-39)25(35)31-21(27(37)38)11-16-7-3-2-4-8-16/h2-10,13,15,20-23,29,33,39H,11-12,14,28H2,1H3,(H,30,36)(H,31,35)(H,32,34)(H,37,38). The summed E-state index contributed by atoms with van der Waals surface area (Å²) in [5.41, 5.74) is 8.05. The summed E-state index contributed by atoms with van der Waals surface area (Å²) in [6, 6.07) is 11.4. The smallest absolute Gasteiger partial charge is 0.326 e. The number of hydrogen-bond acceptors (Lipinski definition) is 7. The Bertz CT molecular complexity index is 1300. The molecule has 0 saturated carbocycles. The zero-order valence-corrected chi connectivity index (χ0v) is 22.2. The molecule has 12 heteroatoms. The first-order valence-electron chi connectivity index (χ1n) is 12.4. The molecule has 3 rings (SSSR count). The van der Waals surface area contributed by atoms with Gasteiger partial charge in [0.05, 0.1) is 6.10 Å². The maximum Gasteiger partial charge on any atom is 0.326 e. The summed E-state index contributed by atoms with van der Waals surface area (Å²) < 4.78 is 0. The largest absolute Gasteiger partial charge is 0.480 e. The Morgan fingerprint density at radius 2 is 1.46 bits per heavy atom. The van der Waals surface area contributed by atoms with Crippen LogP contribution in [0, 0.1) is 0 Å². The van der Waals surface area contributed by atoms with Crippen LogP contribution in [0.5, 0.6) is 0 Å². The number of H-pyrrole nitrogens is 1. The van der Waals surface area contributed by atoms with Crippen LogP contribution < -0.4 is 21.7 Å². The first-order chi connectivity index (χ1) is 18.6. The number of aromatic amines is 1. The van der Waals surface area contributed by atoms with E-state index < -0.39 is 54.0 Å². The molecule has 8 N–H and O–H groups in total. The van der Waals surface area contributed by atoms with Gasteiger partial charge >= 0.3 is 5.97 Å². The van der Waals surface area contributed by atoms with Crippen molar-refractivity contribution in [2.45, 2.75) is 50.0 Å². The summed E-state index contributed by atoms with van der Waals surface area (Å²) in [5, 5.41) is 27.8. The molecule has 0 bridgehead atoms. The third kappa shape index (κ3) is 8.06. The van der Waals surface area contributed by atoms with E-state index in [1.165, 1.54) is 6.92 Å². The van der Waals surface area contributed by atoms with Crippen molar-refractivity contribution in [1.29, 1.82) is 0 Å². The molecule has 11 nitrogen and oxygen atoms in total. The highest BCUT2D eigenvalue weighted by molar-refractivity contribution is 7.80. The van der Waals surface area contributed by atoms with E-state index in [9.17, 15) is 29.4 Å². The fraction of sp³-hybridized carbons (Fsp3) is 0.333. The number of aliphatic carboxylic acids is 1. The summed E-state index contributed by atoms with van der Waals surface area (Å²) in [6.07, 6.45) is 0.664. The van der Waals surface area contributed by atoms with Gasteiger partial charge in [0.25, 0.3) is 0 Å². The second-order valence-corrected chi connectivity index (χ2v) is 9.59. The van der Waals surface area contributed by atoms with Crippen LogP contribution in [0.3, 0.4) is 0 Å². The molecule has 0 radical (unpaired) electrons. The number of nitrogens with two attached hydrogens (primary N) is 1. The Kier molecular flexibility index (Phi) is 10.5. The number of nitrogens with one attached hydrogen (secondary N) is 4. The number of para-hydroxylation sites is 1. The predicted molar refractivity (Wildman–Crippen MR) is 149 cm³/mol. The topological polar surface area (TPSA) is 187 Å². The lowest BCUT2D eigenvalue weighted by atomic mass is 10.0. The van der Waals surface area contributed by atoms with Crippen molar-refractivity contribution in [3.63, 3.8) is 0 Å². The minimum absolute atomic E-state index is 0.0473. The summed E-state index contributed by atoms with van der Waals surface area (Å²) in [5.74, 6) is -3.54. The number of carbonyl (C=O) groups excluding carboxylic acids is 3. The summed E-state index contributed by atoms with van der Waals surface area (Å²) in [7, 11) is 0. The van der Waals surface area contributed by atoms with Gasteiger partial charge in [0.15, 0.2) is 0 Å². The Morgan fingerprint density at radius 3 is 2.10 bits per heavy atom. The lowest BCUT2D eigenvalue weighted by Crippen LogP contribution is -2.59. The van der Waals surface area contributed by atoms with Gasteiger partial charge in [-0.15, -0.1) is 0 Å². The highest BCUT2D eigenvalue weighted by Crippen LogP contribution is 2.19. The Hall–Kier alpha value is -3.87. The summed E-state index contributed by atoms with van der Waals surface area (Å²) >= 11 is 4.17. The monoisotopic (exact) mass is 555 g/mol. The number of carboxylic acids is 1. The molecule has 0 aliphatic heterocycles. The summed E-state index contributed by atoms with van der Waals surface area (Å²) in [4.78, 5) is 53.9. The van der Waals surface area contributed by atoms with E-state index in [4.69, 9.17) is 5.73 Å². The third-order valence-electron chi connectivity index (χ3n) is 6.27. The molecule has 5 unspecified atom stereocenters. The third-order valence-corrected chi connectivity index (χ3v) is 6.63. The molecule has 3 aromatic rings. The Balaban J connectivity index is 1.76. The van der Waals surface area contributed by atoms with Crippen LogP contribution in [0.1, 0.15) is 18.1 Å². The Morgan fingerprint density at radius 1 is 0.872 bits per heavy atom. The molecule has 5 atom stereocenters. The van der Waals surface area contributed by atoms with Crippen molar-refractivity contribution in [3.05, 3.63) is 71.9 Å². The maximum atomic E-state index is 13.3. The predicted octanol–water partition coefficient (Wildman–Crippen LogP) is 0.130. The van der Waals surface area contributed by atoms with E-state index in [0.29, 0.717) is 5.56 Å². The van der Waals surface area contributed by atoms with Crippen LogP contribution in [0.25, 0.3) is 10.9 Å². The first kappa shape index (κ1) is 29.7. The normalized spacial score (nSPS) is 15.0. The highest BCUT2D eigenvalue weighted by Gasteiger charge is 2.31. The Labute approximate surface area is 231 Å². The van der Waals surface area contributed by atoms with Gasteiger partial charge in [0.1, 0.15) is 24.2 Å².